The highest BCUT2D eigenvalue weighted by atomic mass is 35.5. The molecule has 1 fully saturated rings. The Morgan fingerprint density at radius 2 is 1.91 bits per heavy atom. The zero-order valence-electron chi connectivity index (χ0n) is 23.6. The zero-order chi connectivity index (χ0) is 29.7. The smallest absolute Gasteiger partial charge is 0.337 e. The second-order valence-electron chi connectivity index (χ2n) is 10.9. The van der Waals surface area contributed by atoms with Crippen LogP contribution in [-0.4, -0.2) is 35.3 Å². The molecule has 1 unspecified atom stereocenters. The van der Waals surface area contributed by atoms with Gasteiger partial charge in [0, 0.05) is 30.5 Å². The molecule has 2 aliphatic heterocycles. The lowest BCUT2D eigenvalue weighted by Gasteiger charge is -2.27. The molecule has 0 aliphatic carbocycles. The van der Waals surface area contributed by atoms with Crippen LogP contribution >= 0.6 is 11.6 Å². The maximum Gasteiger partial charge on any atom is 0.337 e. The third kappa shape index (κ3) is 5.00. The standard InChI is InChI=1S/C34H28ClFN2O5/c1-34(26-12-11-23(35)18-27(26)36)42-30-5-3-4-25(32(30)43-34)21-8-6-20(7-9-21)16-31-37-28-13-10-22(33(39)40-2)17-29(28)38(31)19-24-14-15-41-24/h3-13,17-18,24H,14-16,19H2,1-2H3/t24-,34?/m0/s1. The van der Waals surface area contributed by atoms with E-state index in [0.29, 0.717) is 35.1 Å². The van der Waals surface area contributed by atoms with Gasteiger partial charge in [-0.05, 0) is 60.0 Å². The summed E-state index contributed by atoms with van der Waals surface area (Å²) >= 11 is 5.96. The molecule has 1 aromatic heterocycles. The molecule has 4 aromatic carbocycles. The summed E-state index contributed by atoms with van der Waals surface area (Å²) in [7, 11) is 1.38. The van der Waals surface area contributed by atoms with Crippen molar-refractivity contribution in [3.05, 3.63) is 112 Å². The van der Waals surface area contributed by atoms with Gasteiger partial charge in [0.15, 0.2) is 11.5 Å². The Balaban J connectivity index is 1.17. The van der Waals surface area contributed by atoms with Gasteiger partial charge in [-0.3, -0.25) is 0 Å². The molecule has 7 rings (SSSR count). The third-order valence-corrected chi connectivity index (χ3v) is 8.29. The Morgan fingerprint density at radius 1 is 1.09 bits per heavy atom. The molecular weight excluding hydrogens is 571 g/mol. The number of carbonyl (C=O) groups is 1. The molecule has 3 heterocycles. The summed E-state index contributed by atoms with van der Waals surface area (Å²) in [5.41, 5.74) is 5.29. The normalized spacial score (nSPS) is 18.9. The molecule has 9 heteroatoms. The molecule has 0 N–H and O–H groups in total. The van der Waals surface area contributed by atoms with E-state index < -0.39 is 11.6 Å². The van der Waals surface area contributed by atoms with Gasteiger partial charge in [0.2, 0.25) is 0 Å². The van der Waals surface area contributed by atoms with Crippen molar-refractivity contribution in [3.63, 3.8) is 0 Å². The molecule has 0 amide bonds. The molecule has 1 saturated heterocycles. The number of esters is 1. The fourth-order valence-corrected chi connectivity index (χ4v) is 5.85. The first-order valence-corrected chi connectivity index (χ1v) is 14.4. The van der Waals surface area contributed by atoms with Crippen LogP contribution < -0.4 is 9.47 Å². The summed E-state index contributed by atoms with van der Waals surface area (Å²) in [6.45, 7) is 3.11. The number of imidazole rings is 1. The molecule has 0 radical (unpaired) electrons. The summed E-state index contributed by atoms with van der Waals surface area (Å²) in [5.74, 6) is -0.229. The molecular formula is C34H28ClFN2O5. The SMILES string of the molecule is COC(=O)c1ccc2nc(Cc3ccc(-c4cccc5c4OC(C)(c4ccc(Cl)cc4F)O5)cc3)n(C[C@@H]3CCO3)c2c1. The van der Waals surface area contributed by atoms with Gasteiger partial charge in [0.05, 0.1) is 41.9 Å². The molecule has 2 atom stereocenters. The highest BCUT2D eigenvalue weighted by Gasteiger charge is 2.42. The molecule has 7 nitrogen and oxygen atoms in total. The van der Waals surface area contributed by atoms with Gasteiger partial charge in [-0.25, -0.2) is 14.2 Å². The van der Waals surface area contributed by atoms with Crippen molar-refractivity contribution in [2.45, 2.75) is 38.2 Å². The number of methoxy groups -OCH3 is 1. The Kier molecular flexibility index (Phi) is 6.83. The number of fused-ring (bicyclic) bond motifs is 2. The van der Waals surface area contributed by atoms with E-state index in [2.05, 4.69) is 16.7 Å². The highest BCUT2D eigenvalue weighted by Crippen LogP contribution is 2.49. The van der Waals surface area contributed by atoms with Crippen LogP contribution in [0.25, 0.3) is 22.2 Å². The first kappa shape index (κ1) is 27.4. The largest absolute Gasteiger partial charge is 0.465 e. The summed E-state index contributed by atoms with van der Waals surface area (Å²) in [6.07, 6.45) is 1.70. The Morgan fingerprint density at radius 3 is 2.63 bits per heavy atom. The van der Waals surface area contributed by atoms with E-state index in [0.717, 1.165) is 46.6 Å². The summed E-state index contributed by atoms with van der Waals surface area (Å²) < 4.78 is 40.0. The molecule has 0 bridgehead atoms. The van der Waals surface area contributed by atoms with Crippen molar-refractivity contribution in [2.24, 2.45) is 0 Å². The first-order valence-electron chi connectivity index (χ1n) is 14.1. The molecule has 43 heavy (non-hydrogen) atoms. The number of ether oxygens (including phenoxy) is 4. The average Bonchev–Trinajstić information content (AvgIpc) is 3.51. The van der Waals surface area contributed by atoms with Gasteiger partial charge in [-0.1, -0.05) is 48.0 Å². The first-order chi connectivity index (χ1) is 20.8. The Bertz CT molecular complexity index is 1870. The van der Waals surface area contributed by atoms with E-state index in [9.17, 15) is 9.18 Å². The van der Waals surface area contributed by atoms with Crippen LogP contribution in [0.15, 0.2) is 78.9 Å². The van der Waals surface area contributed by atoms with E-state index >= 15 is 0 Å². The number of nitrogens with zero attached hydrogens (tertiary/aromatic N) is 2. The minimum absolute atomic E-state index is 0.120. The number of benzene rings is 4. The van der Waals surface area contributed by atoms with Crippen LogP contribution in [0.3, 0.4) is 0 Å². The van der Waals surface area contributed by atoms with E-state index in [1.807, 2.05) is 42.5 Å². The molecule has 2 aliphatic rings. The van der Waals surface area contributed by atoms with E-state index in [1.54, 1.807) is 25.1 Å². The Hall–Kier alpha value is -4.40. The van der Waals surface area contributed by atoms with Gasteiger partial charge < -0.3 is 23.5 Å². The van der Waals surface area contributed by atoms with Crippen LogP contribution in [0.1, 0.15) is 40.7 Å². The average molecular weight is 599 g/mol. The third-order valence-electron chi connectivity index (χ3n) is 8.06. The number of halogens is 2. The van der Waals surface area contributed by atoms with Crippen molar-refractivity contribution >= 4 is 28.6 Å². The number of para-hydroxylation sites is 1. The molecule has 5 aromatic rings. The predicted octanol–water partition coefficient (Wildman–Crippen LogP) is 7.31. The minimum atomic E-state index is -1.33. The van der Waals surface area contributed by atoms with Crippen LogP contribution in [0.4, 0.5) is 4.39 Å². The van der Waals surface area contributed by atoms with Crippen molar-refractivity contribution in [1.82, 2.24) is 9.55 Å². The summed E-state index contributed by atoms with van der Waals surface area (Å²) in [6, 6.07) is 23.7. The van der Waals surface area contributed by atoms with E-state index in [1.165, 1.54) is 13.2 Å². The number of carbonyl (C=O) groups excluding carboxylic acids is 1. The monoisotopic (exact) mass is 598 g/mol. The van der Waals surface area contributed by atoms with Gasteiger partial charge in [-0.2, -0.15) is 0 Å². The van der Waals surface area contributed by atoms with Gasteiger partial charge in [0.1, 0.15) is 11.6 Å². The fourth-order valence-electron chi connectivity index (χ4n) is 5.69. The lowest BCUT2D eigenvalue weighted by Crippen LogP contribution is -2.32. The lowest BCUT2D eigenvalue weighted by molar-refractivity contribution is -0.0705. The maximum absolute atomic E-state index is 14.8. The van der Waals surface area contributed by atoms with Gasteiger partial charge in [0.25, 0.3) is 5.79 Å². The maximum atomic E-state index is 14.8. The van der Waals surface area contributed by atoms with Crippen LogP contribution in [0, 0.1) is 5.82 Å². The van der Waals surface area contributed by atoms with Gasteiger partial charge in [-0.15, -0.1) is 0 Å². The van der Waals surface area contributed by atoms with Crippen molar-refractivity contribution in [1.29, 1.82) is 0 Å². The lowest BCUT2D eigenvalue weighted by atomic mass is 10.0. The van der Waals surface area contributed by atoms with Crippen molar-refractivity contribution in [3.8, 4) is 22.6 Å². The zero-order valence-corrected chi connectivity index (χ0v) is 24.4. The van der Waals surface area contributed by atoms with Crippen LogP contribution in [-0.2, 0) is 28.2 Å². The quantitative estimate of drug-likeness (QED) is 0.183. The summed E-state index contributed by atoms with van der Waals surface area (Å²) in [4.78, 5) is 17.1. The molecule has 0 saturated carbocycles. The Labute approximate surface area is 252 Å². The van der Waals surface area contributed by atoms with Crippen LogP contribution in [0.5, 0.6) is 11.5 Å². The molecule has 0 spiro atoms. The predicted molar refractivity (Wildman–Crippen MR) is 160 cm³/mol. The highest BCUT2D eigenvalue weighted by molar-refractivity contribution is 6.30. The number of rotatable bonds is 7. The van der Waals surface area contributed by atoms with Gasteiger partial charge >= 0.3 is 5.97 Å². The topological polar surface area (TPSA) is 71.8 Å². The van der Waals surface area contributed by atoms with E-state index in [-0.39, 0.29) is 17.6 Å². The second kappa shape index (κ2) is 10.7. The van der Waals surface area contributed by atoms with E-state index in [4.69, 9.17) is 35.5 Å². The second-order valence-corrected chi connectivity index (χ2v) is 11.3. The minimum Gasteiger partial charge on any atom is -0.465 e. The molecule has 218 valence electrons. The number of hydrogen-bond acceptors (Lipinski definition) is 6. The number of hydrogen-bond donors (Lipinski definition) is 0. The number of aromatic nitrogens is 2. The van der Waals surface area contributed by atoms with Crippen molar-refractivity contribution < 1.29 is 28.1 Å². The summed E-state index contributed by atoms with van der Waals surface area (Å²) in [5, 5.41) is 0.305. The van der Waals surface area contributed by atoms with Crippen LogP contribution in [0.2, 0.25) is 5.02 Å². The van der Waals surface area contributed by atoms with Crippen molar-refractivity contribution in [2.75, 3.05) is 13.7 Å². The fraction of sp³-hybridized carbons (Fsp3) is 0.235.